The summed E-state index contributed by atoms with van der Waals surface area (Å²) in [6.45, 7) is 0. The maximum atomic E-state index is 3.95. The van der Waals surface area contributed by atoms with Gasteiger partial charge in [-0.15, -0.1) is 0 Å². The Hall–Kier alpha value is 1.28. The molecule has 0 heterocycles. The van der Waals surface area contributed by atoms with Crippen molar-refractivity contribution in [2.45, 2.75) is 45.9 Å². The fraction of sp³-hybridized carbons (Fsp3) is 1.00. The summed E-state index contributed by atoms with van der Waals surface area (Å²) in [4.78, 5) is 5.01. The third kappa shape index (κ3) is 2.72. The Labute approximate surface area is 74.4 Å². The van der Waals surface area contributed by atoms with Gasteiger partial charge in [-0.25, -0.2) is 0 Å². The van der Waals surface area contributed by atoms with Crippen molar-refractivity contribution in [3.05, 3.63) is 0 Å². The predicted octanol–water partition coefficient (Wildman–Crippen LogP) is 3.92. The fourth-order valence-corrected chi connectivity index (χ4v) is 9.94. The molecule has 0 aromatic rings. The molecule has 0 aliphatic heterocycles. The average molecular weight is 312 g/mol. The molecule has 0 amide bonds. The zero-order chi connectivity index (χ0) is 7.61. The first-order valence-electron chi connectivity index (χ1n) is 4.29. The number of hydrogen-bond acceptors (Lipinski definition) is 0. The van der Waals surface area contributed by atoms with Crippen LogP contribution in [0.1, 0.15) is 32.1 Å². The molecule has 0 spiro atoms. The molecule has 1 aliphatic rings. The predicted molar refractivity (Wildman–Crippen MR) is 53.2 cm³/mol. The van der Waals surface area contributed by atoms with Gasteiger partial charge in [0.05, 0.1) is 0 Å². The summed E-state index contributed by atoms with van der Waals surface area (Å²) >= 11 is 2.33. The molecule has 0 atom stereocenters. The Morgan fingerprint density at radius 2 is 1.60 bits per heavy atom. The van der Waals surface area contributed by atoms with Crippen molar-refractivity contribution in [3.63, 3.8) is 0 Å². The number of rotatable bonds is 1. The first kappa shape index (κ1) is 9.37. The number of hydrogen-bond donors (Lipinski definition) is 0. The molecule has 0 nitrogen and oxygen atoms in total. The molecule has 0 saturated heterocycles. The summed E-state index contributed by atoms with van der Waals surface area (Å²) in [7, 11) is 0. The van der Waals surface area contributed by atoms with Crippen LogP contribution in [-0.4, -0.2) is 16.2 Å². The Morgan fingerprint density at radius 3 is 1.90 bits per heavy atom. The van der Waals surface area contributed by atoms with E-state index in [1.54, 1.807) is 0 Å². The molecule has 0 bridgehead atoms. The van der Waals surface area contributed by atoms with Gasteiger partial charge in [0.15, 0.2) is 0 Å². The van der Waals surface area contributed by atoms with E-state index in [0.29, 0.717) is 0 Å². The summed E-state index contributed by atoms with van der Waals surface area (Å²) < 4.78 is 1.13. The molecule has 10 heavy (non-hydrogen) atoms. The molecular formula is C8H17BrSn. The molecular weight excluding hydrogens is 295 g/mol. The molecule has 0 N–H and O–H groups in total. The Bertz CT molecular complexity index is 100. The van der Waals surface area contributed by atoms with Crippen molar-refractivity contribution in [2.75, 3.05) is 0 Å². The third-order valence-electron chi connectivity index (χ3n) is 2.58. The monoisotopic (exact) mass is 312 g/mol. The first-order chi connectivity index (χ1) is 4.61. The van der Waals surface area contributed by atoms with Crippen LogP contribution >= 0.6 is 12.7 Å². The van der Waals surface area contributed by atoms with Crippen LogP contribution in [-0.2, 0) is 0 Å². The minimum atomic E-state index is -1.62. The minimum absolute atomic E-state index is 1.13. The van der Waals surface area contributed by atoms with Gasteiger partial charge in [0, 0.05) is 0 Å². The fourth-order valence-electron chi connectivity index (χ4n) is 1.79. The SMILES string of the molecule is [CH3][Sn]([CH3])([Br])[CH]1CCCCC1. The first-order valence-corrected chi connectivity index (χ1v) is 18.0. The van der Waals surface area contributed by atoms with Gasteiger partial charge in [0.2, 0.25) is 0 Å². The van der Waals surface area contributed by atoms with E-state index in [1.807, 2.05) is 0 Å². The normalized spacial score (nSPS) is 23.1. The van der Waals surface area contributed by atoms with Crippen LogP contribution < -0.4 is 0 Å². The van der Waals surface area contributed by atoms with Gasteiger partial charge >= 0.3 is 74.8 Å². The van der Waals surface area contributed by atoms with Gasteiger partial charge in [0.1, 0.15) is 0 Å². The van der Waals surface area contributed by atoms with Crippen LogP contribution in [0.15, 0.2) is 0 Å². The van der Waals surface area contributed by atoms with Crippen LogP contribution in [0.2, 0.25) is 13.8 Å². The zero-order valence-electron chi connectivity index (χ0n) is 6.99. The van der Waals surface area contributed by atoms with E-state index in [1.165, 1.54) is 32.1 Å². The van der Waals surface area contributed by atoms with Crippen molar-refractivity contribution < 1.29 is 0 Å². The summed E-state index contributed by atoms with van der Waals surface area (Å²) in [6.07, 6.45) is 7.53. The van der Waals surface area contributed by atoms with Crippen LogP contribution in [0.3, 0.4) is 0 Å². The van der Waals surface area contributed by atoms with Gasteiger partial charge in [0.25, 0.3) is 0 Å². The third-order valence-corrected chi connectivity index (χ3v) is 14.1. The van der Waals surface area contributed by atoms with Gasteiger partial charge in [-0.3, -0.25) is 0 Å². The van der Waals surface area contributed by atoms with Gasteiger partial charge in [-0.2, -0.15) is 0 Å². The van der Waals surface area contributed by atoms with Crippen LogP contribution in [0.5, 0.6) is 0 Å². The quantitative estimate of drug-likeness (QED) is 0.644. The summed E-state index contributed by atoms with van der Waals surface area (Å²) in [5.74, 6) is 0. The second-order valence-electron chi connectivity index (χ2n) is 3.90. The van der Waals surface area contributed by atoms with Crippen molar-refractivity contribution in [1.82, 2.24) is 0 Å². The Kier molecular flexibility index (Phi) is 3.55. The van der Waals surface area contributed by atoms with Crippen molar-refractivity contribution in [1.29, 1.82) is 0 Å². The maximum absolute atomic E-state index is 3.95. The molecule has 2 heteroatoms. The van der Waals surface area contributed by atoms with Crippen molar-refractivity contribution in [2.24, 2.45) is 0 Å². The van der Waals surface area contributed by atoms with Crippen LogP contribution in [0.4, 0.5) is 0 Å². The molecule has 1 rings (SSSR count). The number of halogens is 1. The van der Waals surface area contributed by atoms with Gasteiger partial charge in [-0.05, 0) is 0 Å². The van der Waals surface area contributed by atoms with E-state index in [9.17, 15) is 0 Å². The van der Waals surface area contributed by atoms with E-state index in [4.69, 9.17) is 0 Å². The Morgan fingerprint density at radius 1 is 1.10 bits per heavy atom. The van der Waals surface area contributed by atoms with E-state index < -0.39 is 16.2 Å². The zero-order valence-corrected chi connectivity index (χ0v) is 11.4. The molecule has 1 saturated carbocycles. The van der Waals surface area contributed by atoms with E-state index >= 15 is 0 Å². The molecule has 1 aliphatic carbocycles. The van der Waals surface area contributed by atoms with Crippen LogP contribution in [0.25, 0.3) is 0 Å². The molecule has 60 valence electrons. The van der Waals surface area contributed by atoms with E-state index in [2.05, 4.69) is 22.6 Å². The average Bonchev–Trinajstić information content (AvgIpc) is 1.88. The Balaban J connectivity index is 2.39. The standard InChI is InChI=1S/C6H11.2CH3.BrH.Sn/c1-2-4-6-5-3-1;;;;/h1H,2-6H2;2*1H3;1H;/q;;;;+1/p-1. The van der Waals surface area contributed by atoms with Crippen molar-refractivity contribution in [3.8, 4) is 0 Å². The second kappa shape index (κ2) is 3.79. The summed E-state index contributed by atoms with van der Waals surface area (Å²) in [5, 5.41) is 0. The topological polar surface area (TPSA) is 0 Å². The van der Waals surface area contributed by atoms with E-state index in [0.717, 1.165) is 3.93 Å². The summed E-state index contributed by atoms with van der Waals surface area (Å²) in [6, 6.07) is 0. The van der Waals surface area contributed by atoms with Crippen LogP contribution in [0, 0.1) is 0 Å². The second-order valence-corrected chi connectivity index (χ2v) is 28.9. The van der Waals surface area contributed by atoms with Gasteiger partial charge < -0.3 is 0 Å². The van der Waals surface area contributed by atoms with E-state index in [-0.39, 0.29) is 0 Å². The summed E-state index contributed by atoms with van der Waals surface area (Å²) in [5.41, 5.74) is 0. The van der Waals surface area contributed by atoms with Gasteiger partial charge in [-0.1, -0.05) is 0 Å². The van der Waals surface area contributed by atoms with Crippen molar-refractivity contribution >= 4 is 28.9 Å². The molecule has 0 unspecified atom stereocenters. The molecule has 0 aromatic heterocycles. The molecule has 1 fully saturated rings. The molecule has 0 radical (unpaired) electrons. The molecule has 0 aromatic carbocycles.